The first-order chi connectivity index (χ1) is 15.2. The second-order valence-electron chi connectivity index (χ2n) is 7.80. The molecule has 4 aromatic rings. The minimum atomic E-state index is 0.673. The number of hydrogen-bond acceptors (Lipinski definition) is 7. The van der Waals surface area contributed by atoms with Crippen LogP contribution in [0.3, 0.4) is 0 Å². The molecule has 0 saturated carbocycles. The van der Waals surface area contributed by atoms with Crippen molar-refractivity contribution in [3.05, 3.63) is 59.0 Å². The van der Waals surface area contributed by atoms with Gasteiger partial charge in [-0.1, -0.05) is 30.3 Å². The minimum absolute atomic E-state index is 0.673. The maximum atomic E-state index is 5.48. The molecule has 1 aromatic carbocycles. The third kappa shape index (κ3) is 4.19. The Bertz CT molecular complexity index is 1180. The average molecular weight is 435 g/mol. The molecule has 31 heavy (non-hydrogen) atoms. The smallest absolute Gasteiger partial charge is 0.146 e. The van der Waals surface area contributed by atoms with Gasteiger partial charge in [-0.05, 0) is 12.5 Å². The fourth-order valence-electron chi connectivity index (χ4n) is 3.87. The van der Waals surface area contributed by atoms with E-state index >= 15 is 0 Å². The average Bonchev–Trinajstić information content (AvgIpc) is 3.37. The summed E-state index contributed by atoms with van der Waals surface area (Å²) in [6, 6.07) is 10.5. The fraction of sp³-hybridized carbons (Fsp3) is 0.348. The van der Waals surface area contributed by atoms with Gasteiger partial charge in [0.15, 0.2) is 0 Å². The van der Waals surface area contributed by atoms with Gasteiger partial charge in [-0.2, -0.15) is 5.10 Å². The summed E-state index contributed by atoms with van der Waals surface area (Å²) < 4.78 is 7.38. The molecule has 5 rings (SSSR count). The van der Waals surface area contributed by atoms with Gasteiger partial charge in [0.05, 0.1) is 31.3 Å². The maximum Gasteiger partial charge on any atom is 0.146 e. The number of thiophene rings is 1. The number of rotatable bonds is 6. The molecule has 160 valence electrons. The largest absolute Gasteiger partial charge is 0.379 e. The SMILES string of the molecule is Cc1c(CNc2nc(CN3CCOCC3)nc3scc(-c4ccccc4)c23)cnn1C. The molecule has 7 nitrogen and oxygen atoms in total. The molecular weight excluding hydrogens is 408 g/mol. The molecule has 1 N–H and O–H groups in total. The van der Waals surface area contributed by atoms with Gasteiger partial charge in [-0.15, -0.1) is 11.3 Å². The van der Waals surface area contributed by atoms with Gasteiger partial charge in [0.25, 0.3) is 0 Å². The Balaban J connectivity index is 1.52. The van der Waals surface area contributed by atoms with Crippen molar-refractivity contribution < 1.29 is 4.74 Å². The van der Waals surface area contributed by atoms with Gasteiger partial charge >= 0.3 is 0 Å². The van der Waals surface area contributed by atoms with Crippen LogP contribution in [0.2, 0.25) is 0 Å². The highest BCUT2D eigenvalue weighted by Crippen LogP contribution is 2.37. The molecule has 0 atom stereocenters. The number of nitrogens with zero attached hydrogens (tertiary/aromatic N) is 5. The van der Waals surface area contributed by atoms with E-state index in [1.807, 2.05) is 24.0 Å². The van der Waals surface area contributed by atoms with E-state index in [-0.39, 0.29) is 0 Å². The third-order valence-electron chi connectivity index (χ3n) is 5.82. The lowest BCUT2D eigenvalue weighted by Gasteiger charge is -2.25. The number of anilines is 1. The van der Waals surface area contributed by atoms with Crippen LogP contribution in [0.1, 0.15) is 17.1 Å². The molecule has 0 radical (unpaired) electrons. The number of fused-ring (bicyclic) bond motifs is 1. The van der Waals surface area contributed by atoms with Crippen LogP contribution in [0.5, 0.6) is 0 Å². The van der Waals surface area contributed by atoms with Crippen molar-refractivity contribution in [1.29, 1.82) is 0 Å². The highest BCUT2D eigenvalue weighted by atomic mass is 32.1. The second-order valence-corrected chi connectivity index (χ2v) is 8.66. The number of nitrogens with one attached hydrogen (secondary N) is 1. The van der Waals surface area contributed by atoms with Gasteiger partial charge in [-0.25, -0.2) is 9.97 Å². The molecular formula is C23H26N6OS. The van der Waals surface area contributed by atoms with Crippen LogP contribution in [-0.4, -0.2) is 51.0 Å². The van der Waals surface area contributed by atoms with Gasteiger partial charge in [0, 0.05) is 48.9 Å². The van der Waals surface area contributed by atoms with Gasteiger partial charge in [-0.3, -0.25) is 9.58 Å². The molecule has 1 aliphatic rings. The van der Waals surface area contributed by atoms with E-state index in [0.717, 1.165) is 60.4 Å². The number of aryl methyl sites for hydroxylation is 1. The van der Waals surface area contributed by atoms with Crippen LogP contribution in [0, 0.1) is 6.92 Å². The molecule has 0 amide bonds. The van der Waals surface area contributed by atoms with Crippen LogP contribution in [-0.2, 0) is 24.9 Å². The van der Waals surface area contributed by atoms with E-state index in [4.69, 9.17) is 14.7 Å². The van der Waals surface area contributed by atoms with Gasteiger partial charge < -0.3 is 10.1 Å². The van der Waals surface area contributed by atoms with Gasteiger partial charge in [0.1, 0.15) is 16.5 Å². The number of ether oxygens (including phenoxy) is 1. The molecule has 0 aliphatic carbocycles. The Morgan fingerprint density at radius 1 is 1.13 bits per heavy atom. The number of morpholine rings is 1. The Kier molecular flexibility index (Phi) is 5.67. The summed E-state index contributed by atoms with van der Waals surface area (Å²) in [4.78, 5) is 13.3. The normalized spacial score (nSPS) is 14.9. The first-order valence-corrected chi connectivity index (χ1v) is 11.4. The molecule has 0 bridgehead atoms. The first-order valence-electron chi connectivity index (χ1n) is 10.5. The van der Waals surface area contributed by atoms with Crippen molar-refractivity contribution in [1.82, 2.24) is 24.6 Å². The van der Waals surface area contributed by atoms with E-state index in [1.165, 1.54) is 16.7 Å². The summed E-state index contributed by atoms with van der Waals surface area (Å²) in [6.45, 7) is 6.86. The Labute approximate surface area is 185 Å². The van der Waals surface area contributed by atoms with Crippen LogP contribution >= 0.6 is 11.3 Å². The van der Waals surface area contributed by atoms with E-state index in [0.29, 0.717) is 6.54 Å². The maximum absolute atomic E-state index is 5.48. The monoisotopic (exact) mass is 434 g/mol. The van der Waals surface area contributed by atoms with Crippen LogP contribution in [0.15, 0.2) is 41.9 Å². The summed E-state index contributed by atoms with van der Waals surface area (Å²) in [5.74, 6) is 1.73. The third-order valence-corrected chi connectivity index (χ3v) is 6.69. The topological polar surface area (TPSA) is 68.1 Å². The number of benzene rings is 1. The van der Waals surface area contributed by atoms with E-state index in [9.17, 15) is 0 Å². The molecule has 1 saturated heterocycles. The van der Waals surface area contributed by atoms with Crippen LogP contribution < -0.4 is 5.32 Å². The highest BCUT2D eigenvalue weighted by Gasteiger charge is 2.18. The molecule has 1 aliphatic heterocycles. The second kappa shape index (κ2) is 8.74. The van der Waals surface area contributed by atoms with Crippen molar-refractivity contribution in [2.24, 2.45) is 7.05 Å². The summed E-state index contributed by atoms with van der Waals surface area (Å²) in [6.07, 6.45) is 1.92. The predicted molar refractivity (Wildman–Crippen MR) is 124 cm³/mol. The van der Waals surface area contributed by atoms with Crippen molar-refractivity contribution in [2.75, 3.05) is 31.6 Å². The van der Waals surface area contributed by atoms with E-state index in [1.54, 1.807) is 11.3 Å². The van der Waals surface area contributed by atoms with Gasteiger partial charge in [0.2, 0.25) is 0 Å². The molecule has 0 spiro atoms. The minimum Gasteiger partial charge on any atom is -0.379 e. The summed E-state index contributed by atoms with van der Waals surface area (Å²) in [7, 11) is 1.97. The number of aromatic nitrogens is 4. The molecule has 1 fully saturated rings. The van der Waals surface area contributed by atoms with Crippen LogP contribution in [0.4, 0.5) is 5.82 Å². The quantitative estimate of drug-likeness (QED) is 0.497. The highest BCUT2D eigenvalue weighted by molar-refractivity contribution is 7.17. The van der Waals surface area contributed by atoms with Crippen molar-refractivity contribution in [3.8, 4) is 11.1 Å². The predicted octanol–water partition coefficient (Wildman–Crippen LogP) is 3.84. The molecule has 4 heterocycles. The summed E-state index contributed by atoms with van der Waals surface area (Å²) in [5.41, 5.74) is 4.67. The Morgan fingerprint density at radius 3 is 2.68 bits per heavy atom. The van der Waals surface area contributed by atoms with E-state index < -0.39 is 0 Å². The lowest BCUT2D eigenvalue weighted by Crippen LogP contribution is -2.36. The Morgan fingerprint density at radius 2 is 1.94 bits per heavy atom. The summed E-state index contributed by atoms with van der Waals surface area (Å²) >= 11 is 1.68. The zero-order valence-electron chi connectivity index (χ0n) is 17.8. The zero-order valence-corrected chi connectivity index (χ0v) is 18.7. The molecule has 8 heteroatoms. The van der Waals surface area contributed by atoms with Crippen molar-refractivity contribution >= 4 is 27.4 Å². The zero-order chi connectivity index (χ0) is 21.2. The van der Waals surface area contributed by atoms with Crippen molar-refractivity contribution in [3.63, 3.8) is 0 Å². The fourth-order valence-corrected chi connectivity index (χ4v) is 4.84. The van der Waals surface area contributed by atoms with Crippen molar-refractivity contribution in [2.45, 2.75) is 20.0 Å². The van der Waals surface area contributed by atoms with E-state index in [2.05, 4.69) is 51.9 Å². The molecule has 3 aromatic heterocycles. The van der Waals surface area contributed by atoms with Crippen LogP contribution in [0.25, 0.3) is 21.3 Å². The Hall–Kier alpha value is -2.81. The summed E-state index contributed by atoms with van der Waals surface area (Å²) in [5, 5.41) is 11.2. The standard InChI is InChI=1S/C23H26N6OS/c1-16-18(13-25-28(16)2)12-24-22-21-19(17-6-4-3-5-7-17)15-31-23(21)27-20(26-22)14-29-8-10-30-11-9-29/h3-7,13,15H,8-12,14H2,1-2H3,(H,24,26,27). The lowest BCUT2D eigenvalue weighted by molar-refractivity contribution is 0.0331. The first kappa shape index (κ1) is 20.1. The lowest BCUT2D eigenvalue weighted by atomic mass is 10.1. The number of hydrogen-bond donors (Lipinski definition) is 1. The molecule has 0 unspecified atom stereocenters.